The van der Waals surface area contributed by atoms with E-state index in [9.17, 15) is 4.79 Å². The molecule has 19 heavy (non-hydrogen) atoms. The maximum atomic E-state index is 12.1. The van der Waals surface area contributed by atoms with Crippen LogP contribution < -0.4 is 10.6 Å². The number of nitrogens with zero attached hydrogens (tertiary/aromatic N) is 2. The van der Waals surface area contributed by atoms with Gasteiger partial charge in [-0.3, -0.25) is 9.78 Å². The van der Waals surface area contributed by atoms with Crippen molar-refractivity contribution in [2.24, 2.45) is 0 Å². The Bertz CT molecular complexity index is 615. The number of nitrogens with one attached hydrogen (secondary N) is 2. The molecule has 1 amide bonds. The average molecular weight is 321 g/mol. The number of amides is 1. The van der Waals surface area contributed by atoms with Crippen LogP contribution in [0.3, 0.4) is 0 Å². The van der Waals surface area contributed by atoms with Crippen LogP contribution >= 0.6 is 15.9 Å². The molecule has 98 valence electrons. The van der Waals surface area contributed by atoms with Crippen LogP contribution in [-0.2, 0) is 0 Å². The summed E-state index contributed by atoms with van der Waals surface area (Å²) in [6.45, 7) is 1.93. The van der Waals surface area contributed by atoms with E-state index in [1.807, 2.05) is 25.1 Å². The molecule has 0 bridgehead atoms. The first-order chi connectivity index (χ1) is 9.11. The van der Waals surface area contributed by atoms with E-state index >= 15 is 0 Å². The summed E-state index contributed by atoms with van der Waals surface area (Å²) in [6.07, 6.45) is 2.99. The molecule has 0 aliphatic heterocycles. The summed E-state index contributed by atoms with van der Waals surface area (Å²) in [5.74, 6) is 0.268. The maximum Gasteiger partial charge on any atom is 0.275 e. The number of aromatic nitrogens is 2. The highest BCUT2D eigenvalue weighted by Gasteiger charge is 2.11. The molecular weight excluding hydrogens is 308 g/mol. The average Bonchev–Trinajstić information content (AvgIpc) is 2.44. The summed E-state index contributed by atoms with van der Waals surface area (Å²) < 4.78 is 0.945. The zero-order valence-corrected chi connectivity index (χ0v) is 12.2. The van der Waals surface area contributed by atoms with Crippen LogP contribution in [0.1, 0.15) is 16.1 Å². The van der Waals surface area contributed by atoms with Gasteiger partial charge in [-0.15, -0.1) is 0 Å². The molecule has 2 rings (SSSR count). The van der Waals surface area contributed by atoms with E-state index in [2.05, 4.69) is 36.5 Å². The third kappa shape index (κ3) is 3.08. The number of halogens is 1. The van der Waals surface area contributed by atoms with Crippen molar-refractivity contribution in [2.75, 3.05) is 17.7 Å². The first-order valence-electron chi connectivity index (χ1n) is 5.68. The molecule has 0 radical (unpaired) electrons. The number of anilines is 2. The number of hydrogen-bond donors (Lipinski definition) is 2. The zero-order valence-electron chi connectivity index (χ0n) is 10.6. The van der Waals surface area contributed by atoms with E-state index in [0.29, 0.717) is 5.82 Å². The molecule has 2 aromatic rings. The molecule has 1 heterocycles. The molecule has 0 atom stereocenters. The lowest BCUT2D eigenvalue weighted by Crippen LogP contribution is -2.15. The van der Waals surface area contributed by atoms with Gasteiger partial charge in [0.2, 0.25) is 0 Å². The Labute approximate surface area is 119 Å². The SMILES string of the molecule is CNc1cncc(C(=O)Nc2cccc(Br)c2C)n1. The number of rotatable bonds is 3. The fraction of sp³-hybridized carbons (Fsp3) is 0.154. The number of benzene rings is 1. The van der Waals surface area contributed by atoms with Crippen LogP contribution in [0.25, 0.3) is 0 Å². The van der Waals surface area contributed by atoms with Crippen LogP contribution in [-0.4, -0.2) is 22.9 Å². The number of carbonyl (C=O) groups is 1. The summed E-state index contributed by atoms with van der Waals surface area (Å²) in [6, 6.07) is 5.63. The third-order valence-corrected chi connectivity index (χ3v) is 3.50. The first-order valence-corrected chi connectivity index (χ1v) is 6.47. The van der Waals surface area contributed by atoms with Gasteiger partial charge in [0.15, 0.2) is 0 Å². The summed E-state index contributed by atoms with van der Waals surface area (Å²) in [5, 5.41) is 5.66. The molecule has 0 aliphatic carbocycles. The topological polar surface area (TPSA) is 66.9 Å². The Kier molecular flexibility index (Phi) is 4.11. The molecule has 0 saturated carbocycles. The fourth-order valence-corrected chi connectivity index (χ4v) is 1.89. The molecule has 0 unspecified atom stereocenters. The molecule has 0 fully saturated rings. The normalized spacial score (nSPS) is 10.1. The fourth-order valence-electron chi connectivity index (χ4n) is 1.53. The Balaban J connectivity index is 2.23. The van der Waals surface area contributed by atoms with Crippen molar-refractivity contribution >= 4 is 33.3 Å². The van der Waals surface area contributed by atoms with E-state index in [0.717, 1.165) is 15.7 Å². The minimum atomic E-state index is -0.286. The molecule has 0 saturated heterocycles. The largest absolute Gasteiger partial charge is 0.372 e. The van der Waals surface area contributed by atoms with Gasteiger partial charge in [0, 0.05) is 17.2 Å². The minimum Gasteiger partial charge on any atom is -0.372 e. The van der Waals surface area contributed by atoms with Crippen LogP contribution in [0.5, 0.6) is 0 Å². The predicted octanol–water partition coefficient (Wildman–Crippen LogP) is 2.84. The quantitative estimate of drug-likeness (QED) is 0.912. The van der Waals surface area contributed by atoms with E-state index in [-0.39, 0.29) is 11.6 Å². The zero-order chi connectivity index (χ0) is 13.8. The van der Waals surface area contributed by atoms with Gasteiger partial charge in [0.05, 0.1) is 12.4 Å². The second-order valence-electron chi connectivity index (χ2n) is 3.91. The van der Waals surface area contributed by atoms with Crippen LogP contribution in [0.15, 0.2) is 35.1 Å². The second kappa shape index (κ2) is 5.79. The van der Waals surface area contributed by atoms with Gasteiger partial charge < -0.3 is 10.6 Å². The predicted molar refractivity (Wildman–Crippen MR) is 78.4 cm³/mol. The third-order valence-electron chi connectivity index (χ3n) is 2.64. The molecule has 5 nitrogen and oxygen atoms in total. The molecule has 0 aliphatic rings. The Morgan fingerprint density at radius 3 is 2.84 bits per heavy atom. The highest BCUT2D eigenvalue weighted by Crippen LogP contribution is 2.23. The van der Waals surface area contributed by atoms with E-state index in [1.54, 1.807) is 13.2 Å². The second-order valence-corrected chi connectivity index (χ2v) is 4.76. The van der Waals surface area contributed by atoms with Crippen LogP contribution in [0, 0.1) is 6.92 Å². The standard InChI is InChI=1S/C13H13BrN4O/c1-8-9(14)4-3-5-10(8)18-13(19)11-6-16-7-12(15-2)17-11/h3-7H,1-2H3,(H,15,17)(H,18,19). The van der Waals surface area contributed by atoms with E-state index in [1.165, 1.54) is 6.20 Å². The Morgan fingerprint density at radius 2 is 2.11 bits per heavy atom. The monoisotopic (exact) mass is 320 g/mol. The van der Waals surface area contributed by atoms with Crippen molar-refractivity contribution in [1.82, 2.24) is 9.97 Å². The summed E-state index contributed by atoms with van der Waals surface area (Å²) in [7, 11) is 1.73. The van der Waals surface area contributed by atoms with Gasteiger partial charge in [-0.1, -0.05) is 22.0 Å². The molecular formula is C13H13BrN4O. The first kappa shape index (κ1) is 13.5. The Hall–Kier alpha value is -1.95. The van der Waals surface area contributed by atoms with Crippen LogP contribution in [0.4, 0.5) is 11.5 Å². The van der Waals surface area contributed by atoms with Gasteiger partial charge in [-0.2, -0.15) is 0 Å². The van der Waals surface area contributed by atoms with Gasteiger partial charge in [-0.25, -0.2) is 4.98 Å². The van der Waals surface area contributed by atoms with E-state index < -0.39 is 0 Å². The smallest absolute Gasteiger partial charge is 0.275 e. The molecule has 1 aromatic carbocycles. The van der Waals surface area contributed by atoms with Gasteiger partial charge >= 0.3 is 0 Å². The van der Waals surface area contributed by atoms with E-state index in [4.69, 9.17) is 0 Å². The van der Waals surface area contributed by atoms with Crippen molar-refractivity contribution in [1.29, 1.82) is 0 Å². The van der Waals surface area contributed by atoms with Crippen LogP contribution in [0.2, 0.25) is 0 Å². The van der Waals surface area contributed by atoms with Gasteiger partial charge in [0.25, 0.3) is 5.91 Å². The number of carbonyl (C=O) groups excluding carboxylic acids is 1. The number of hydrogen-bond acceptors (Lipinski definition) is 4. The van der Waals surface area contributed by atoms with Gasteiger partial charge in [-0.05, 0) is 24.6 Å². The summed E-state index contributed by atoms with van der Waals surface area (Å²) in [4.78, 5) is 20.2. The van der Waals surface area contributed by atoms with Crippen molar-refractivity contribution < 1.29 is 4.79 Å². The highest BCUT2D eigenvalue weighted by molar-refractivity contribution is 9.10. The summed E-state index contributed by atoms with van der Waals surface area (Å²) in [5.41, 5.74) is 1.98. The van der Waals surface area contributed by atoms with Crippen molar-refractivity contribution in [3.8, 4) is 0 Å². The van der Waals surface area contributed by atoms with Crippen molar-refractivity contribution in [2.45, 2.75) is 6.92 Å². The lowest BCUT2D eigenvalue weighted by atomic mass is 10.2. The van der Waals surface area contributed by atoms with Gasteiger partial charge in [0.1, 0.15) is 11.5 Å². The molecule has 1 aromatic heterocycles. The van der Waals surface area contributed by atoms with Crippen molar-refractivity contribution in [3.05, 3.63) is 46.3 Å². The maximum absolute atomic E-state index is 12.1. The van der Waals surface area contributed by atoms with Crippen molar-refractivity contribution in [3.63, 3.8) is 0 Å². The molecule has 0 spiro atoms. The lowest BCUT2D eigenvalue weighted by molar-refractivity contribution is 0.102. The lowest BCUT2D eigenvalue weighted by Gasteiger charge is -2.09. The Morgan fingerprint density at radius 1 is 1.32 bits per heavy atom. The highest BCUT2D eigenvalue weighted by atomic mass is 79.9. The summed E-state index contributed by atoms with van der Waals surface area (Å²) >= 11 is 3.43. The molecule has 6 heteroatoms. The minimum absolute atomic E-state index is 0.270. The molecule has 2 N–H and O–H groups in total.